The molecule has 0 fully saturated rings. The molecule has 5 heteroatoms. The molecular formula is C15H23BrIN3. The van der Waals surface area contributed by atoms with Gasteiger partial charge in [0.05, 0.1) is 0 Å². The van der Waals surface area contributed by atoms with Gasteiger partial charge in [0, 0.05) is 24.1 Å². The fraction of sp³-hybridized carbons (Fsp3) is 0.400. The molecule has 0 radical (unpaired) electrons. The minimum atomic E-state index is 0. The van der Waals surface area contributed by atoms with Crippen molar-refractivity contribution in [2.24, 2.45) is 4.99 Å². The van der Waals surface area contributed by atoms with Crippen LogP contribution in [0.15, 0.2) is 46.4 Å². The summed E-state index contributed by atoms with van der Waals surface area (Å²) in [5, 5.41) is 6.40. The molecule has 2 N–H and O–H groups in total. The van der Waals surface area contributed by atoms with E-state index < -0.39 is 0 Å². The number of aliphatic imine (C=N–C) groups is 1. The van der Waals surface area contributed by atoms with E-state index in [9.17, 15) is 0 Å². The molecule has 0 spiro atoms. The summed E-state index contributed by atoms with van der Waals surface area (Å²) in [5.41, 5.74) is 1.34. The second-order valence-corrected chi connectivity index (χ2v) is 5.08. The number of benzene rings is 1. The summed E-state index contributed by atoms with van der Waals surface area (Å²) in [6.07, 6.45) is 3.92. The van der Waals surface area contributed by atoms with Gasteiger partial charge in [0.15, 0.2) is 5.96 Å². The van der Waals surface area contributed by atoms with Gasteiger partial charge in [0.2, 0.25) is 0 Å². The van der Waals surface area contributed by atoms with E-state index >= 15 is 0 Å². The zero-order chi connectivity index (χ0) is 13.9. The van der Waals surface area contributed by atoms with Gasteiger partial charge in [-0.05, 0) is 37.5 Å². The van der Waals surface area contributed by atoms with Gasteiger partial charge in [0.25, 0.3) is 0 Å². The number of nitrogens with zero attached hydrogens (tertiary/aromatic N) is 1. The van der Waals surface area contributed by atoms with E-state index in [0.717, 1.165) is 42.9 Å². The highest BCUT2D eigenvalue weighted by Crippen LogP contribution is 2.12. The Kier molecular flexibility index (Phi) is 11.9. The summed E-state index contributed by atoms with van der Waals surface area (Å²) in [7, 11) is 0. The topological polar surface area (TPSA) is 36.4 Å². The van der Waals surface area contributed by atoms with Crippen molar-refractivity contribution in [2.45, 2.75) is 19.8 Å². The summed E-state index contributed by atoms with van der Waals surface area (Å²) in [4.78, 5) is 4.52. The van der Waals surface area contributed by atoms with Crippen LogP contribution in [0.5, 0.6) is 0 Å². The summed E-state index contributed by atoms with van der Waals surface area (Å²) < 4.78 is 1.13. The minimum absolute atomic E-state index is 0. The first-order chi connectivity index (χ1) is 9.26. The maximum absolute atomic E-state index is 4.52. The zero-order valence-electron chi connectivity index (χ0n) is 11.9. The number of aryl methyl sites for hydroxylation is 1. The van der Waals surface area contributed by atoms with Gasteiger partial charge in [-0.2, -0.15) is 0 Å². The molecule has 0 unspecified atom stereocenters. The Bertz CT molecular complexity index is 421. The van der Waals surface area contributed by atoms with Crippen molar-refractivity contribution in [2.75, 3.05) is 19.6 Å². The smallest absolute Gasteiger partial charge is 0.191 e. The average molecular weight is 452 g/mol. The Hall–Kier alpha value is -0.560. The van der Waals surface area contributed by atoms with Crippen LogP contribution in [-0.4, -0.2) is 25.6 Å². The van der Waals surface area contributed by atoms with Crippen LogP contribution in [0, 0.1) is 0 Å². The van der Waals surface area contributed by atoms with Crippen molar-refractivity contribution >= 4 is 45.9 Å². The molecule has 1 aromatic carbocycles. The van der Waals surface area contributed by atoms with Gasteiger partial charge in [-0.3, -0.25) is 4.99 Å². The Morgan fingerprint density at radius 1 is 1.40 bits per heavy atom. The minimum Gasteiger partial charge on any atom is -0.357 e. The molecule has 0 bridgehead atoms. The number of nitrogens with one attached hydrogen (secondary N) is 2. The van der Waals surface area contributed by atoms with E-state index in [0.29, 0.717) is 0 Å². The largest absolute Gasteiger partial charge is 0.357 e. The van der Waals surface area contributed by atoms with Crippen molar-refractivity contribution in [1.29, 1.82) is 0 Å². The number of hydrogen-bond acceptors (Lipinski definition) is 1. The van der Waals surface area contributed by atoms with E-state index in [4.69, 9.17) is 0 Å². The van der Waals surface area contributed by atoms with Crippen molar-refractivity contribution in [1.82, 2.24) is 10.6 Å². The number of hydrogen-bond donors (Lipinski definition) is 2. The van der Waals surface area contributed by atoms with Crippen LogP contribution in [0.4, 0.5) is 0 Å². The Labute approximate surface area is 147 Å². The average Bonchev–Trinajstić information content (AvgIpc) is 2.41. The SMILES string of the molecule is C=CCNC(=NCCCc1cccc(Br)c1)NCC.I. The van der Waals surface area contributed by atoms with E-state index in [1.807, 2.05) is 12.1 Å². The first kappa shape index (κ1) is 19.4. The maximum Gasteiger partial charge on any atom is 0.191 e. The van der Waals surface area contributed by atoms with Gasteiger partial charge in [0.1, 0.15) is 0 Å². The van der Waals surface area contributed by atoms with Crippen LogP contribution in [0.1, 0.15) is 18.9 Å². The van der Waals surface area contributed by atoms with Gasteiger partial charge in [-0.1, -0.05) is 34.1 Å². The molecule has 0 heterocycles. The van der Waals surface area contributed by atoms with Gasteiger partial charge in [-0.25, -0.2) is 0 Å². The molecule has 0 saturated heterocycles. The molecule has 3 nitrogen and oxygen atoms in total. The molecule has 112 valence electrons. The van der Waals surface area contributed by atoms with Gasteiger partial charge >= 0.3 is 0 Å². The van der Waals surface area contributed by atoms with Gasteiger partial charge in [-0.15, -0.1) is 30.6 Å². The third-order valence-corrected chi connectivity index (χ3v) is 3.03. The standard InChI is InChI=1S/C15H22BrN3.HI/c1-3-10-18-15(17-4-2)19-11-6-8-13-7-5-9-14(16)12-13;/h3,5,7,9,12H,1,4,6,8,10-11H2,2H3,(H2,17,18,19);1H. The predicted molar refractivity (Wildman–Crippen MR) is 102 cm³/mol. The second-order valence-electron chi connectivity index (χ2n) is 4.16. The molecular weight excluding hydrogens is 429 g/mol. The molecule has 20 heavy (non-hydrogen) atoms. The van der Waals surface area contributed by atoms with Crippen molar-refractivity contribution in [3.8, 4) is 0 Å². The predicted octanol–water partition coefficient (Wildman–Crippen LogP) is 3.74. The quantitative estimate of drug-likeness (QED) is 0.218. The van der Waals surface area contributed by atoms with E-state index in [2.05, 4.69) is 63.3 Å². The summed E-state index contributed by atoms with van der Waals surface area (Å²) >= 11 is 3.49. The highest BCUT2D eigenvalue weighted by Gasteiger charge is 1.96. The lowest BCUT2D eigenvalue weighted by atomic mass is 10.1. The first-order valence-corrected chi connectivity index (χ1v) is 7.43. The third kappa shape index (κ3) is 8.58. The maximum atomic E-state index is 4.52. The molecule has 1 rings (SSSR count). The van der Waals surface area contributed by atoms with Crippen molar-refractivity contribution in [3.05, 3.63) is 47.0 Å². The molecule has 0 aromatic heterocycles. The van der Waals surface area contributed by atoms with Crippen molar-refractivity contribution in [3.63, 3.8) is 0 Å². The molecule has 0 atom stereocenters. The fourth-order valence-corrected chi connectivity index (χ4v) is 2.12. The first-order valence-electron chi connectivity index (χ1n) is 6.63. The lowest BCUT2D eigenvalue weighted by molar-refractivity contribution is 0.802. The summed E-state index contributed by atoms with van der Waals surface area (Å²) in [5.74, 6) is 0.858. The highest BCUT2D eigenvalue weighted by molar-refractivity contribution is 14.0. The van der Waals surface area contributed by atoms with E-state index in [-0.39, 0.29) is 24.0 Å². The molecule has 0 aliphatic carbocycles. The van der Waals surface area contributed by atoms with Crippen molar-refractivity contribution < 1.29 is 0 Å². The Morgan fingerprint density at radius 3 is 2.85 bits per heavy atom. The molecule has 1 aromatic rings. The van der Waals surface area contributed by atoms with Gasteiger partial charge < -0.3 is 10.6 Å². The van der Waals surface area contributed by atoms with Crippen LogP contribution in [0.2, 0.25) is 0 Å². The van der Waals surface area contributed by atoms with Crippen LogP contribution < -0.4 is 10.6 Å². The molecule has 0 aliphatic heterocycles. The zero-order valence-corrected chi connectivity index (χ0v) is 15.8. The van der Waals surface area contributed by atoms with Crippen LogP contribution in [0.3, 0.4) is 0 Å². The second kappa shape index (κ2) is 12.2. The summed E-state index contributed by atoms with van der Waals surface area (Å²) in [6, 6.07) is 8.42. The third-order valence-electron chi connectivity index (χ3n) is 2.54. The number of halogens is 2. The normalized spacial score (nSPS) is 10.6. The number of rotatable bonds is 7. The Balaban J connectivity index is 0.00000361. The Morgan fingerprint density at radius 2 is 2.20 bits per heavy atom. The van der Waals surface area contributed by atoms with Crippen LogP contribution in [0.25, 0.3) is 0 Å². The molecule has 0 amide bonds. The number of guanidine groups is 1. The lowest BCUT2D eigenvalue weighted by Gasteiger charge is -2.09. The lowest BCUT2D eigenvalue weighted by Crippen LogP contribution is -2.37. The van der Waals surface area contributed by atoms with E-state index in [1.165, 1.54) is 5.56 Å². The fourth-order valence-electron chi connectivity index (χ4n) is 1.68. The van der Waals surface area contributed by atoms with Crippen LogP contribution >= 0.6 is 39.9 Å². The van der Waals surface area contributed by atoms with Crippen LogP contribution in [-0.2, 0) is 6.42 Å². The highest BCUT2D eigenvalue weighted by atomic mass is 127. The molecule has 0 aliphatic rings. The van der Waals surface area contributed by atoms with E-state index in [1.54, 1.807) is 0 Å². The summed E-state index contributed by atoms with van der Waals surface area (Å²) in [6.45, 7) is 8.17. The molecule has 0 saturated carbocycles. The monoisotopic (exact) mass is 451 g/mol.